The Kier molecular flexibility index (Phi) is 6.72. The topological polar surface area (TPSA) is 20.2 Å². The molecule has 0 radical (unpaired) electrons. The third kappa shape index (κ3) is 41.2. The summed E-state index contributed by atoms with van der Waals surface area (Å²) in [6, 6.07) is 0. The molecule has 34 valence electrons. The zero-order chi connectivity index (χ0) is 4.50. The van der Waals surface area contributed by atoms with Crippen molar-refractivity contribution in [2.45, 2.75) is 6.36 Å². The maximum atomic E-state index is 9.91. The molecule has 0 saturated heterocycles. The van der Waals surface area contributed by atoms with Crippen molar-refractivity contribution in [3.8, 4) is 0 Å². The summed E-state index contributed by atoms with van der Waals surface area (Å²) in [6.07, 6.45) is -5.00. The van der Waals surface area contributed by atoms with Gasteiger partial charge in [-0.15, -0.1) is 13.2 Å². The molecular weight excluding hydrogens is 218 g/mol. The van der Waals surface area contributed by atoms with E-state index in [9.17, 15) is 13.2 Å². The first-order valence-corrected chi connectivity index (χ1v) is 0.791. The second-order valence-corrected chi connectivity index (χ2v) is 0.468. The van der Waals surface area contributed by atoms with E-state index >= 15 is 0 Å². The van der Waals surface area contributed by atoms with E-state index in [1.165, 1.54) is 0 Å². The van der Waals surface area contributed by atoms with E-state index < -0.39 is 6.36 Å². The summed E-state index contributed by atoms with van der Waals surface area (Å²) in [7, 11) is 0. The van der Waals surface area contributed by atoms with Gasteiger partial charge < -0.3 is 5.11 Å². The van der Waals surface area contributed by atoms with Gasteiger partial charge in [0.25, 0.3) is 0 Å². The van der Waals surface area contributed by atoms with Gasteiger partial charge in [-0.1, -0.05) is 0 Å². The van der Waals surface area contributed by atoms with Crippen LogP contribution in [0.15, 0.2) is 0 Å². The Morgan fingerprint density at radius 1 is 1.17 bits per heavy atom. The molecule has 0 aliphatic carbocycles. The van der Waals surface area contributed by atoms with Crippen molar-refractivity contribution in [1.29, 1.82) is 0 Å². The third-order valence-electron chi connectivity index (χ3n) is 0. The predicted molar refractivity (Wildman–Crippen MR) is 15.4 cm³/mol. The molecular formula is CH2CsF3O. The number of rotatable bonds is 0. The van der Waals surface area contributed by atoms with E-state index in [4.69, 9.17) is 5.11 Å². The first kappa shape index (κ1) is 10.7. The molecule has 0 aliphatic rings. The molecule has 0 heterocycles. The number of aliphatic hydroxyl groups is 1. The Labute approximate surface area is 91.3 Å². The summed E-state index contributed by atoms with van der Waals surface area (Å²) < 4.78 is 29.7. The van der Waals surface area contributed by atoms with Gasteiger partial charge in [-0.3, -0.25) is 0 Å². The molecule has 0 bridgehead atoms. The van der Waals surface area contributed by atoms with Crippen LogP contribution in [0.25, 0.3) is 0 Å². The molecule has 0 aliphatic heterocycles. The molecule has 6 heavy (non-hydrogen) atoms. The van der Waals surface area contributed by atoms with E-state index in [1.807, 2.05) is 0 Å². The first-order chi connectivity index (χ1) is 2.00. The predicted octanol–water partition coefficient (Wildman–Crippen LogP) is -0.150. The molecule has 0 atom stereocenters. The second-order valence-electron chi connectivity index (χ2n) is 0.468. The molecule has 5 heteroatoms. The number of alkyl halides is 3. The van der Waals surface area contributed by atoms with E-state index in [0.29, 0.717) is 0 Å². The molecule has 0 amide bonds. The molecule has 1 N–H and O–H groups in total. The van der Waals surface area contributed by atoms with Crippen molar-refractivity contribution in [2.24, 2.45) is 0 Å². The van der Waals surface area contributed by atoms with Gasteiger partial charge in [0.1, 0.15) is 0 Å². The molecule has 0 unspecified atom stereocenters. The van der Waals surface area contributed by atoms with Gasteiger partial charge in [-0.25, -0.2) is 0 Å². The van der Waals surface area contributed by atoms with Crippen molar-refractivity contribution >= 4 is 68.9 Å². The van der Waals surface area contributed by atoms with E-state index in [-0.39, 0.29) is 68.9 Å². The van der Waals surface area contributed by atoms with Gasteiger partial charge in [0.15, 0.2) is 0 Å². The molecule has 1 nitrogen and oxygen atoms in total. The van der Waals surface area contributed by atoms with E-state index in [2.05, 4.69) is 0 Å². The van der Waals surface area contributed by atoms with Crippen molar-refractivity contribution in [3.63, 3.8) is 0 Å². The summed E-state index contributed by atoms with van der Waals surface area (Å²) in [4.78, 5) is 0. The van der Waals surface area contributed by atoms with Crippen LogP contribution in [0.2, 0.25) is 0 Å². The molecule has 0 aromatic carbocycles. The fraction of sp³-hybridized carbons (Fsp3) is 1.00. The Morgan fingerprint density at radius 3 is 1.17 bits per heavy atom. The third-order valence-corrected chi connectivity index (χ3v) is 0. The molecule has 0 aromatic rings. The van der Waals surface area contributed by atoms with Crippen LogP contribution in [0.4, 0.5) is 13.2 Å². The number of hydrogen-bond acceptors (Lipinski definition) is 1. The molecule has 0 spiro atoms. The van der Waals surface area contributed by atoms with Crippen LogP contribution in [0.3, 0.4) is 0 Å². The zero-order valence-corrected chi connectivity index (χ0v) is 2.08. The standard InChI is InChI=1S/CHF3O.Cs.H/c2-1(3,4)5;;/h5H;;. The van der Waals surface area contributed by atoms with Crippen molar-refractivity contribution in [1.82, 2.24) is 0 Å². The van der Waals surface area contributed by atoms with Gasteiger partial charge in [-0.2, -0.15) is 0 Å². The van der Waals surface area contributed by atoms with Crippen LogP contribution >= 0.6 is 0 Å². The second kappa shape index (κ2) is 3.76. The number of hydrogen-bond donors (Lipinski definition) is 1. The molecule has 0 aromatic heterocycles. The minimum absolute atomic E-state index is 0. The summed E-state index contributed by atoms with van der Waals surface area (Å²) in [5.41, 5.74) is 0. The van der Waals surface area contributed by atoms with Crippen LogP contribution in [0.5, 0.6) is 0 Å². The Morgan fingerprint density at radius 2 is 1.17 bits per heavy atom. The summed E-state index contributed by atoms with van der Waals surface area (Å²) >= 11 is 0. The number of halogens is 3. The summed E-state index contributed by atoms with van der Waals surface area (Å²) in [6.45, 7) is 0. The van der Waals surface area contributed by atoms with Crippen LogP contribution in [0.1, 0.15) is 0 Å². The van der Waals surface area contributed by atoms with Gasteiger partial charge in [0.05, 0.1) is 0 Å². The van der Waals surface area contributed by atoms with Gasteiger partial charge >= 0.3 is 75.3 Å². The summed E-state index contributed by atoms with van der Waals surface area (Å²) in [5.74, 6) is 0. The minimum atomic E-state index is -5.00. The van der Waals surface area contributed by atoms with Crippen molar-refractivity contribution in [3.05, 3.63) is 0 Å². The quantitative estimate of drug-likeness (QED) is 0.601. The SMILES string of the molecule is OC(F)(F)F.[CsH]. The van der Waals surface area contributed by atoms with Gasteiger partial charge in [0.2, 0.25) is 0 Å². The van der Waals surface area contributed by atoms with E-state index in [1.54, 1.807) is 0 Å². The Hall–Kier alpha value is 1.80. The molecule has 0 saturated carbocycles. The average molecular weight is 220 g/mol. The monoisotopic (exact) mass is 220 g/mol. The first-order valence-electron chi connectivity index (χ1n) is 0.791. The Bertz CT molecular complexity index is 26.3. The molecule has 0 rings (SSSR count). The fourth-order valence-corrected chi connectivity index (χ4v) is 0. The van der Waals surface area contributed by atoms with Gasteiger partial charge in [-0.05, 0) is 0 Å². The average Bonchev–Trinajstić information content (AvgIpc) is 0.722. The van der Waals surface area contributed by atoms with Crippen molar-refractivity contribution in [2.75, 3.05) is 0 Å². The van der Waals surface area contributed by atoms with E-state index in [0.717, 1.165) is 0 Å². The van der Waals surface area contributed by atoms with Gasteiger partial charge in [0, 0.05) is 0 Å². The maximum absolute atomic E-state index is 9.91. The Balaban J connectivity index is 0. The molecule has 0 fully saturated rings. The van der Waals surface area contributed by atoms with Crippen LogP contribution in [-0.4, -0.2) is 80.4 Å². The van der Waals surface area contributed by atoms with Crippen LogP contribution < -0.4 is 0 Å². The fourth-order valence-electron chi connectivity index (χ4n) is 0. The zero-order valence-electron chi connectivity index (χ0n) is 2.08. The normalized spacial score (nSPS) is 10.0. The van der Waals surface area contributed by atoms with Crippen LogP contribution in [0, 0.1) is 0 Å². The van der Waals surface area contributed by atoms with Crippen LogP contribution in [-0.2, 0) is 0 Å². The summed E-state index contributed by atoms with van der Waals surface area (Å²) in [5, 5.41) is 6.52. The van der Waals surface area contributed by atoms with Crippen molar-refractivity contribution < 1.29 is 18.3 Å².